The number of hydrogen-bond acceptors (Lipinski definition) is 2. The molecular weight excluding hydrogens is 343 g/mol. The lowest BCUT2D eigenvalue weighted by Gasteiger charge is -2.15. The average Bonchev–Trinajstić information content (AvgIpc) is 3.29. The van der Waals surface area contributed by atoms with Crippen LogP contribution in [0.4, 0.5) is 0 Å². The van der Waals surface area contributed by atoms with Crippen LogP contribution in [0.2, 0.25) is 10.0 Å². The molecule has 0 fully saturated rings. The van der Waals surface area contributed by atoms with Crippen molar-refractivity contribution < 1.29 is 0 Å². The topological polar surface area (TPSA) is 35.6 Å². The molecule has 0 atom stereocenters. The van der Waals surface area contributed by atoms with E-state index in [1.54, 1.807) is 25.0 Å². The number of halogens is 2. The quantitative estimate of drug-likeness (QED) is 0.517. The van der Waals surface area contributed by atoms with Crippen molar-refractivity contribution in [1.82, 2.24) is 19.1 Å². The summed E-state index contributed by atoms with van der Waals surface area (Å²) in [4.78, 5) is 8.27. The Morgan fingerprint density at radius 1 is 0.667 bits per heavy atom. The van der Waals surface area contributed by atoms with Gasteiger partial charge in [0.05, 0.1) is 24.0 Å². The molecule has 4 nitrogen and oxygen atoms in total. The van der Waals surface area contributed by atoms with Crippen LogP contribution in [-0.2, 0) is 0 Å². The van der Waals surface area contributed by atoms with Crippen molar-refractivity contribution in [2.45, 2.75) is 0 Å². The zero-order chi connectivity index (χ0) is 16.5. The molecular formula is C18H12Cl2N4. The minimum Gasteiger partial charge on any atom is -0.306 e. The highest BCUT2D eigenvalue weighted by Crippen LogP contribution is 2.34. The van der Waals surface area contributed by atoms with Gasteiger partial charge in [-0.1, -0.05) is 35.3 Å². The third kappa shape index (κ3) is 2.70. The Hall–Kier alpha value is -2.56. The predicted octanol–water partition coefficient (Wildman–Crippen LogP) is 5.03. The van der Waals surface area contributed by atoms with Gasteiger partial charge in [0.2, 0.25) is 0 Å². The number of rotatable bonds is 3. The van der Waals surface area contributed by atoms with Crippen LogP contribution in [-0.4, -0.2) is 19.1 Å². The fraction of sp³-hybridized carbons (Fsp3) is 0. The number of benzene rings is 2. The molecule has 2 heterocycles. The lowest BCUT2D eigenvalue weighted by Crippen LogP contribution is -1.99. The Balaban J connectivity index is 1.98. The summed E-state index contributed by atoms with van der Waals surface area (Å²) in [6.45, 7) is 0. The van der Waals surface area contributed by atoms with Gasteiger partial charge in [-0.25, -0.2) is 9.97 Å². The van der Waals surface area contributed by atoms with Crippen molar-refractivity contribution in [3.8, 4) is 22.5 Å². The Bertz CT molecular complexity index is 895. The van der Waals surface area contributed by atoms with Crippen molar-refractivity contribution in [2.24, 2.45) is 0 Å². The Kier molecular flexibility index (Phi) is 3.84. The first-order valence-electron chi connectivity index (χ1n) is 7.28. The molecule has 118 valence electrons. The van der Waals surface area contributed by atoms with Gasteiger partial charge in [-0.2, -0.15) is 0 Å². The van der Waals surface area contributed by atoms with Crippen LogP contribution in [0.5, 0.6) is 0 Å². The van der Waals surface area contributed by atoms with E-state index in [0.717, 1.165) is 22.5 Å². The normalized spacial score (nSPS) is 10.9. The molecule has 4 aromatic rings. The van der Waals surface area contributed by atoms with Crippen LogP contribution in [0.3, 0.4) is 0 Å². The summed E-state index contributed by atoms with van der Waals surface area (Å²) in [5, 5.41) is 1.33. The van der Waals surface area contributed by atoms with Gasteiger partial charge in [0.25, 0.3) is 0 Å². The molecule has 0 aliphatic heterocycles. The largest absolute Gasteiger partial charge is 0.306 e. The summed E-state index contributed by atoms with van der Waals surface area (Å²) in [5.41, 5.74) is 3.95. The summed E-state index contributed by atoms with van der Waals surface area (Å²) < 4.78 is 3.88. The second-order valence-corrected chi connectivity index (χ2v) is 6.14. The van der Waals surface area contributed by atoms with Gasteiger partial charge < -0.3 is 9.13 Å². The van der Waals surface area contributed by atoms with E-state index >= 15 is 0 Å². The van der Waals surface area contributed by atoms with Crippen molar-refractivity contribution in [3.05, 3.63) is 83.9 Å². The number of imidazole rings is 2. The molecule has 2 aromatic heterocycles. The lowest BCUT2D eigenvalue weighted by molar-refractivity contribution is 1.04. The SMILES string of the molecule is Clc1ccc(-c2ccc(Cl)cc2-n2ccnc2)c(-n2ccnc2)c1. The van der Waals surface area contributed by atoms with E-state index in [9.17, 15) is 0 Å². The minimum atomic E-state index is 0.667. The van der Waals surface area contributed by atoms with Gasteiger partial charge in [0, 0.05) is 46.0 Å². The summed E-state index contributed by atoms with van der Waals surface area (Å²) in [7, 11) is 0. The number of nitrogens with zero attached hydrogens (tertiary/aromatic N) is 4. The highest BCUT2D eigenvalue weighted by atomic mass is 35.5. The van der Waals surface area contributed by atoms with Gasteiger partial charge in [0.1, 0.15) is 0 Å². The first-order chi connectivity index (χ1) is 11.7. The van der Waals surface area contributed by atoms with E-state index in [-0.39, 0.29) is 0 Å². The van der Waals surface area contributed by atoms with Gasteiger partial charge in [0.15, 0.2) is 0 Å². The molecule has 0 saturated carbocycles. The van der Waals surface area contributed by atoms with Gasteiger partial charge in [-0.05, 0) is 24.3 Å². The molecule has 6 heteroatoms. The van der Waals surface area contributed by atoms with E-state index in [1.165, 1.54) is 0 Å². The first kappa shape index (κ1) is 15.0. The predicted molar refractivity (Wildman–Crippen MR) is 96.1 cm³/mol. The van der Waals surface area contributed by atoms with Crippen LogP contribution in [0, 0.1) is 0 Å². The van der Waals surface area contributed by atoms with Crippen LogP contribution < -0.4 is 0 Å². The fourth-order valence-corrected chi connectivity index (χ4v) is 3.03. The Morgan fingerprint density at radius 2 is 1.12 bits per heavy atom. The Morgan fingerprint density at radius 3 is 1.50 bits per heavy atom. The van der Waals surface area contributed by atoms with E-state index in [1.807, 2.05) is 57.9 Å². The molecule has 2 aromatic carbocycles. The molecule has 0 aliphatic rings. The molecule has 4 rings (SSSR count). The molecule has 0 radical (unpaired) electrons. The third-order valence-corrected chi connectivity index (χ3v) is 4.25. The standard InChI is InChI=1S/C18H12Cl2N4/c19-13-1-3-15(17(9-13)23-7-5-21-11-23)16-4-2-14(20)10-18(16)24-8-6-22-12-24/h1-12H. The molecule has 24 heavy (non-hydrogen) atoms. The molecule has 0 amide bonds. The molecule has 0 saturated heterocycles. The van der Waals surface area contributed by atoms with E-state index < -0.39 is 0 Å². The van der Waals surface area contributed by atoms with E-state index in [2.05, 4.69) is 9.97 Å². The molecule has 0 N–H and O–H groups in total. The number of aromatic nitrogens is 4. The molecule has 0 unspecified atom stereocenters. The fourth-order valence-electron chi connectivity index (χ4n) is 2.70. The lowest BCUT2D eigenvalue weighted by atomic mass is 10.0. The maximum Gasteiger partial charge on any atom is 0.0991 e. The highest BCUT2D eigenvalue weighted by Gasteiger charge is 2.13. The summed E-state index contributed by atoms with van der Waals surface area (Å²) in [6, 6.07) is 11.6. The molecule has 0 bridgehead atoms. The van der Waals surface area contributed by atoms with Gasteiger partial charge in [-0.3, -0.25) is 0 Å². The highest BCUT2D eigenvalue weighted by molar-refractivity contribution is 6.31. The molecule has 0 aliphatic carbocycles. The van der Waals surface area contributed by atoms with Gasteiger partial charge >= 0.3 is 0 Å². The maximum atomic E-state index is 6.22. The summed E-state index contributed by atoms with van der Waals surface area (Å²) >= 11 is 12.4. The zero-order valence-corrected chi connectivity index (χ0v) is 14.0. The number of hydrogen-bond donors (Lipinski definition) is 0. The summed E-state index contributed by atoms with van der Waals surface area (Å²) in [6.07, 6.45) is 10.8. The van der Waals surface area contributed by atoms with Crippen molar-refractivity contribution in [1.29, 1.82) is 0 Å². The zero-order valence-electron chi connectivity index (χ0n) is 12.5. The Labute approximate surface area is 148 Å². The van der Waals surface area contributed by atoms with Crippen molar-refractivity contribution in [2.75, 3.05) is 0 Å². The average molecular weight is 355 g/mol. The van der Waals surface area contributed by atoms with Crippen LogP contribution in [0.1, 0.15) is 0 Å². The van der Waals surface area contributed by atoms with Crippen molar-refractivity contribution in [3.63, 3.8) is 0 Å². The molecule has 0 spiro atoms. The minimum absolute atomic E-state index is 0.667. The summed E-state index contributed by atoms with van der Waals surface area (Å²) in [5.74, 6) is 0. The van der Waals surface area contributed by atoms with Crippen LogP contribution in [0.25, 0.3) is 22.5 Å². The smallest absolute Gasteiger partial charge is 0.0991 e. The van der Waals surface area contributed by atoms with Crippen LogP contribution in [0.15, 0.2) is 73.8 Å². The second kappa shape index (κ2) is 6.15. The monoisotopic (exact) mass is 354 g/mol. The second-order valence-electron chi connectivity index (χ2n) is 5.26. The van der Waals surface area contributed by atoms with Crippen molar-refractivity contribution >= 4 is 23.2 Å². The van der Waals surface area contributed by atoms with Gasteiger partial charge in [-0.15, -0.1) is 0 Å². The third-order valence-electron chi connectivity index (χ3n) is 3.77. The van der Waals surface area contributed by atoms with Crippen LogP contribution >= 0.6 is 23.2 Å². The maximum absolute atomic E-state index is 6.22. The van der Waals surface area contributed by atoms with E-state index in [4.69, 9.17) is 23.2 Å². The first-order valence-corrected chi connectivity index (χ1v) is 8.04. The van der Waals surface area contributed by atoms with E-state index in [0.29, 0.717) is 10.0 Å².